The summed E-state index contributed by atoms with van der Waals surface area (Å²) in [6.07, 6.45) is -0.710. The van der Waals surface area contributed by atoms with E-state index in [1.54, 1.807) is 19.2 Å². The van der Waals surface area contributed by atoms with Crippen LogP contribution in [0.2, 0.25) is 16.6 Å². The van der Waals surface area contributed by atoms with Crippen LogP contribution < -0.4 is 9.16 Å². The van der Waals surface area contributed by atoms with Gasteiger partial charge in [0.1, 0.15) is 12.4 Å². The SMILES string of the molecule is COc1ccc([C@@H](COC(C)=O)OC(C)=O)cc1O[Si](C(C)C)(C(C)C)C(C)C. The molecule has 1 aromatic carbocycles. The fourth-order valence-corrected chi connectivity index (χ4v) is 9.36. The molecule has 29 heavy (non-hydrogen) atoms. The van der Waals surface area contributed by atoms with Crippen LogP contribution in [0.15, 0.2) is 18.2 Å². The van der Waals surface area contributed by atoms with Crippen LogP contribution in [0.4, 0.5) is 0 Å². The third-order valence-corrected chi connectivity index (χ3v) is 11.3. The number of benzene rings is 1. The Morgan fingerprint density at radius 3 is 1.86 bits per heavy atom. The molecule has 0 aliphatic heterocycles. The molecule has 0 radical (unpaired) electrons. The summed E-state index contributed by atoms with van der Waals surface area (Å²) < 4.78 is 22.8. The van der Waals surface area contributed by atoms with Crippen molar-refractivity contribution in [1.29, 1.82) is 0 Å². The van der Waals surface area contributed by atoms with Gasteiger partial charge in [0, 0.05) is 13.8 Å². The van der Waals surface area contributed by atoms with E-state index in [2.05, 4.69) is 41.5 Å². The first kappa shape index (κ1) is 25.0. The van der Waals surface area contributed by atoms with E-state index in [0.717, 1.165) is 0 Å². The number of hydrogen-bond acceptors (Lipinski definition) is 6. The van der Waals surface area contributed by atoms with Crippen molar-refractivity contribution in [3.8, 4) is 11.5 Å². The molecule has 164 valence electrons. The van der Waals surface area contributed by atoms with Crippen LogP contribution >= 0.6 is 0 Å². The normalized spacial score (nSPS) is 12.8. The first-order valence-electron chi connectivity index (χ1n) is 10.1. The van der Waals surface area contributed by atoms with Crippen LogP contribution in [0.5, 0.6) is 11.5 Å². The molecule has 0 fully saturated rings. The molecule has 0 heterocycles. The molecule has 1 rings (SSSR count). The van der Waals surface area contributed by atoms with Gasteiger partial charge in [0.05, 0.1) is 7.11 Å². The zero-order valence-electron chi connectivity index (χ0n) is 19.2. The molecule has 1 atom stereocenters. The van der Waals surface area contributed by atoms with E-state index in [0.29, 0.717) is 33.7 Å². The van der Waals surface area contributed by atoms with E-state index in [9.17, 15) is 9.59 Å². The topological polar surface area (TPSA) is 71.1 Å². The van der Waals surface area contributed by atoms with Crippen LogP contribution in [0.25, 0.3) is 0 Å². The maximum absolute atomic E-state index is 11.6. The van der Waals surface area contributed by atoms with Crippen LogP contribution in [0.1, 0.15) is 67.1 Å². The minimum atomic E-state index is -2.22. The molecule has 1 aromatic rings. The molecular formula is C22H36O6Si. The molecule has 0 saturated carbocycles. The standard InChI is InChI=1S/C22H36O6Si/c1-14(2)29(15(3)4,16(5)6)28-21-12-19(10-11-20(21)25-9)22(27-18(8)24)13-26-17(7)23/h10-12,14-16,22H,13H2,1-9H3/t22-/m1/s1. The number of rotatable bonds is 10. The molecular weight excluding hydrogens is 388 g/mol. The first-order valence-corrected chi connectivity index (χ1v) is 12.3. The Morgan fingerprint density at radius 1 is 0.897 bits per heavy atom. The van der Waals surface area contributed by atoms with E-state index in [1.807, 2.05) is 6.07 Å². The number of hydrogen-bond donors (Lipinski definition) is 0. The van der Waals surface area contributed by atoms with Gasteiger partial charge in [-0.15, -0.1) is 0 Å². The van der Waals surface area contributed by atoms with E-state index in [-0.39, 0.29) is 6.61 Å². The number of esters is 2. The van der Waals surface area contributed by atoms with Gasteiger partial charge in [0.15, 0.2) is 11.9 Å². The van der Waals surface area contributed by atoms with Gasteiger partial charge in [-0.25, -0.2) is 0 Å². The molecule has 0 N–H and O–H groups in total. The van der Waals surface area contributed by atoms with Crippen LogP contribution in [-0.4, -0.2) is 34.0 Å². The van der Waals surface area contributed by atoms with Crippen molar-refractivity contribution in [2.45, 2.75) is 78.1 Å². The van der Waals surface area contributed by atoms with Gasteiger partial charge in [-0.05, 0) is 34.3 Å². The number of carbonyl (C=O) groups excluding carboxylic acids is 2. The summed E-state index contributed by atoms with van der Waals surface area (Å²) >= 11 is 0. The molecule has 6 nitrogen and oxygen atoms in total. The molecule has 0 aliphatic rings. The Hall–Kier alpha value is -2.02. The summed E-state index contributed by atoms with van der Waals surface area (Å²) in [5.41, 5.74) is 1.86. The van der Waals surface area contributed by atoms with Gasteiger partial charge in [-0.2, -0.15) is 0 Å². The highest BCUT2D eigenvalue weighted by molar-refractivity contribution is 6.78. The van der Waals surface area contributed by atoms with E-state index in [1.165, 1.54) is 13.8 Å². The maximum atomic E-state index is 11.6. The number of carbonyl (C=O) groups is 2. The predicted molar refractivity (Wildman–Crippen MR) is 116 cm³/mol. The van der Waals surface area contributed by atoms with Crippen molar-refractivity contribution in [3.63, 3.8) is 0 Å². The van der Waals surface area contributed by atoms with E-state index < -0.39 is 26.4 Å². The number of methoxy groups -OCH3 is 1. The van der Waals surface area contributed by atoms with Gasteiger partial charge in [-0.3, -0.25) is 9.59 Å². The highest BCUT2D eigenvalue weighted by atomic mass is 28.4. The maximum Gasteiger partial charge on any atom is 0.303 e. The third kappa shape index (κ3) is 6.23. The molecule has 0 amide bonds. The van der Waals surface area contributed by atoms with Gasteiger partial charge in [-0.1, -0.05) is 47.6 Å². The van der Waals surface area contributed by atoms with Crippen LogP contribution in [0.3, 0.4) is 0 Å². The highest BCUT2D eigenvalue weighted by Crippen LogP contribution is 2.45. The fourth-order valence-electron chi connectivity index (χ4n) is 4.11. The summed E-state index contributed by atoms with van der Waals surface area (Å²) in [5, 5.41) is 0. The van der Waals surface area contributed by atoms with Gasteiger partial charge in [0.25, 0.3) is 8.32 Å². The predicted octanol–water partition coefficient (Wildman–Crippen LogP) is 5.42. The Morgan fingerprint density at radius 2 is 1.45 bits per heavy atom. The summed E-state index contributed by atoms with van der Waals surface area (Å²) in [6, 6.07) is 5.44. The Balaban J connectivity index is 3.42. The van der Waals surface area contributed by atoms with Gasteiger partial charge >= 0.3 is 11.9 Å². The van der Waals surface area contributed by atoms with Gasteiger partial charge in [0.2, 0.25) is 0 Å². The lowest BCUT2D eigenvalue weighted by atomic mass is 10.1. The first-order chi connectivity index (χ1) is 13.4. The molecule has 0 aromatic heterocycles. The zero-order valence-corrected chi connectivity index (χ0v) is 20.2. The lowest BCUT2D eigenvalue weighted by Crippen LogP contribution is -2.50. The fraction of sp³-hybridized carbons (Fsp3) is 0.636. The molecule has 0 saturated heterocycles. The minimum absolute atomic E-state index is 0.0538. The highest BCUT2D eigenvalue weighted by Gasteiger charge is 2.47. The zero-order chi connectivity index (χ0) is 22.4. The summed E-state index contributed by atoms with van der Waals surface area (Å²) in [7, 11) is -0.610. The lowest BCUT2D eigenvalue weighted by Gasteiger charge is -2.42. The lowest BCUT2D eigenvalue weighted by molar-refractivity contribution is -0.156. The number of ether oxygens (including phenoxy) is 3. The minimum Gasteiger partial charge on any atom is -0.540 e. The second-order valence-electron chi connectivity index (χ2n) is 8.23. The Kier molecular flexibility index (Phi) is 9.20. The van der Waals surface area contributed by atoms with Crippen molar-refractivity contribution >= 4 is 20.3 Å². The summed E-state index contributed by atoms with van der Waals surface area (Å²) in [4.78, 5) is 22.8. The van der Waals surface area contributed by atoms with Crippen molar-refractivity contribution in [2.24, 2.45) is 0 Å². The molecule has 0 aliphatic carbocycles. The summed E-state index contributed by atoms with van der Waals surface area (Å²) in [6.45, 7) is 15.9. The van der Waals surface area contributed by atoms with Crippen molar-refractivity contribution in [3.05, 3.63) is 23.8 Å². The van der Waals surface area contributed by atoms with Gasteiger partial charge < -0.3 is 18.6 Å². The van der Waals surface area contributed by atoms with Crippen LogP contribution in [0, 0.1) is 0 Å². The van der Waals surface area contributed by atoms with Crippen LogP contribution in [-0.2, 0) is 19.1 Å². The quantitative estimate of drug-likeness (QED) is 0.369. The smallest absolute Gasteiger partial charge is 0.303 e. The molecule has 0 bridgehead atoms. The summed E-state index contributed by atoms with van der Waals surface area (Å²) in [5.74, 6) is 0.378. The monoisotopic (exact) mass is 424 g/mol. The van der Waals surface area contributed by atoms with Crippen molar-refractivity contribution in [2.75, 3.05) is 13.7 Å². The molecule has 0 unspecified atom stereocenters. The molecule has 0 spiro atoms. The Labute approximate surface area is 176 Å². The second-order valence-corrected chi connectivity index (χ2v) is 13.6. The van der Waals surface area contributed by atoms with Crippen molar-refractivity contribution < 1.29 is 28.2 Å². The van der Waals surface area contributed by atoms with E-state index >= 15 is 0 Å². The largest absolute Gasteiger partial charge is 0.540 e. The van der Waals surface area contributed by atoms with Crippen molar-refractivity contribution in [1.82, 2.24) is 0 Å². The average Bonchev–Trinajstić information content (AvgIpc) is 2.61. The second kappa shape index (κ2) is 10.7. The molecule has 7 heteroatoms. The third-order valence-electron chi connectivity index (χ3n) is 5.30. The average molecular weight is 425 g/mol. The Bertz CT molecular complexity index is 677. The van der Waals surface area contributed by atoms with E-state index in [4.69, 9.17) is 18.6 Å².